The summed E-state index contributed by atoms with van der Waals surface area (Å²) in [7, 11) is -3.22. The quantitative estimate of drug-likeness (QED) is 0.775. The highest BCUT2D eigenvalue weighted by Gasteiger charge is 2.54. The number of hydrazone groups is 1. The molecule has 18 heavy (non-hydrogen) atoms. The van der Waals surface area contributed by atoms with Gasteiger partial charge in [-0.1, -0.05) is 6.42 Å². The van der Waals surface area contributed by atoms with E-state index in [4.69, 9.17) is 0 Å². The number of hydrogen-bond acceptors (Lipinski definition) is 4. The molecular weight excluding hydrogens is 252 g/mol. The summed E-state index contributed by atoms with van der Waals surface area (Å²) < 4.78 is 22.4. The number of carbonyl (C=O) groups excluding carboxylic acids is 1. The molecule has 0 aromatic carbocycles. The summed E-state index contributed by atoms with van der Waals surface area (Å²) in [4.78, 5) is 12.3. The summed E-state index contributed by atoms with van der Waals surface area (Å²) in [5.41, 5.74) is 0.427. The average Bonchev–Trinajstić information content (AvgIpc) is 2.34. The Balaban J connectivity index is 2.21. The Morgan fingerprint density at radius 3 is 2.28 bits per heavy atom. The molecule has 2 rings (SSSR count). The highest BCUT2D eigenvalue weighted by Crippen LogP contribution is 2.47. The number of rotatable bonds is 3. The van der Waals surface area contributed by atoms with Gasteiger partial charge in [-0.2, -0.15) is 5.10 Å². The standard InChI is InChI=1S/C12H20N2O3S/c1-9-12(6-5-7-12)10(15)14(13-9)8-11(2,3)18(4,16)17/h5-8H2,1-4H3. The Morgan fingerprint density at radius 1 is 1.39 bits per heavy atom. The number of hydrogen-bond donors (Lipinski definition) is 0. The van der Waals surface area contributed by atoms with Crippen molar-refractivity contribution < 1.29 is 13.2 Å². The molecule has 0 radical (unpaired) electrons. The van der Waals surface area contributed by atoms with Crippen LogP contribution in [0, 0.1) is 5.41 Å². The van der Waals surface area contributed by atoms with Gasteiger partial charge >= 0.3 is 0 Å². The van der Waals surface area contributed by atoms with E-state index < -0.39 is 20.0 Å². The van der Waals surface area contributed by atoms with Crippen LogP contribution in [-0.4, -0.2) is 42.6 Å². The highest BCUT2D eigenvalue weighted by molar-refractivity contribution is 7.92. The first-order valence-corrected chi connectivity index (χ1v) is 8.07. The molecular formula is C12H20N2O3S. The van der Waals surface area contributed by atoms with Crippen LogP contribution in [0.4, 0.5) is 0 Å². The van der Waals surface area contributed by atoms with Crippen LogP contribution >= 0.6 is 0 Å². The Kier molecular flexibility index (Phi) is 2.85. The summed E-state index contributed by atoms with van der Waals surface area (Å²) >= 11 is 0. The normalized spacial score (nSPS) is 23.2. The summed E-state index contributed by atoms with van der Waals surface area (Å²) in [6.45, 7) is 5.26. The molecule has 0 saturated heterocycles. The van der Waals surface area contributed by atoms with Crippen LogP contribution in [0.2, 0.25) is 0 Å². The van der Waals surface area contributed by atoms with Crippen LogP contribution in [0.25, 0.3) is 0 Å². The van der Waals surface area contributed by atoms with Crippen LogP contribution in [0.5, 0.6) is 0 Å². The van der Waals surface area contributed by atoms with Crippen molar-refractivity contribution in [2.45, 2.75) is 44.8 Å². The third-order valence-corrected chi connectivity index (χ3v) is 6.49. The highest BCUT2D eigenvalue weighted by atomic mass is 32.2. The maximum absolute atomic E-state index is 12.3. The summed E-state index contributed by atoms with van der Waals surface area (Å²) in [6.07, 6.45) is 3.93. The zero-order valence-electron chi connectivity index (χ0n) is 11.4. The van der Waals surface area contributed by atoms with Crippen LogP contribution in [0.1, 0.15) is 40.0 Å². The maximum atomic E-state index is 12.3. The van der Waals surface area contributed by atoms with Gasteiger partial charge in [0.15, 0.2) is 9.84 Å². The number of sulfone groups is 1. The smallest absolute Gasteiger partial charge is 0.254 e. The van der Waals surface area contributed by atoms with Gasteiger partial charge in [0.2, 0.25) is 0 Å². The van der Waals surface area contributed by atoms with Crippen molar-refractivity contribution in [2.75, 3.05) is 12.8 Å². The molecule has 0 aromatic rings. The molecule has 1 heterocycles. The van der Waals surface area contributed by atoms with Crippen LogP contribution < -0.4 is 0 Å². The minimum absolute atomic E-state index is 0.0250. The lowest BCUT2D eigenvalue weighted by atomic mass is 9.66. The fourth-order valence-corrected chi connectivity index (χ4v) is 2.77. The number of carbonyl (C=O) groups is 1. The minimum atomic E-state index is -3.22. The molecule has 0 unspecified atom stereocenters. The van der Waals surface area contributed by atoms with Crippen molar-refractivity contribution in [3.8, 4) is 0 Å². The lowest BCUT2D eigenvalue weighted by molar-refractivity contribution is -0.139. The summed E-state index contributed by atoms with van der Waals surface area (Å²) in [5, 5.41) is 5.64. The monoisotopic (exact) mass is 272 g/mol. The van der Waals surface area contributed by atoms with E-state index in [0.29, 0.717) is 0 Å². The minimum Gasteiger partial charge on any atom is -0.272 e. The molecule has 1 aliphatic carbocycles. The second-order valence-corrected chi connectivity index (χ2v) is 8.67. The van der Waals surface area contributed by atoms with Crippen molar-refractivity contribution in [1.29, 1.82) is 0 Å². The van der Waals surface area contributed by atoms with Crippen molar-refractivity contribution in [2.24, 2.45) is 10.5 Å². The van der Waals surface area contributed by atoms with Gasteiger partial charge in [0.25, 0.3) is 5.91 Å². The summed E-state index contributed by atoms with van der Waals surface area (Å²) in [5.74, 6) is -0.0250. The van der Waals surface area contributed by atoms with Gasteiger partial charge < -0.3 is 0 Å². The molecule has 5 nitrogen and oxygen atoms in total. The van der Waals surface area contributed by atoms with Gasteiger partial charge in [-0.25, -0.2) is 13.4 Å². The van der Waals surface area contributed by atoms with Gasteiger partial charge in [0, 0.05) is 6.26 Å². The van der Waals surface area contributed by atoms with E-state index >= 15 is 0 Å². The van der Waals surface area contributed by atoms with Gasteiger partial charge in [0.05, 0.1) is 22.4 Å². The zero-order valence-corrected chi connectivity index (χ0v) is 12.2. The third kappa shape index (κ3) is 1.77. The molecule has 0 aromatic heterocycles. The zero-order chi connectivity index (χ0) is 13.8. The lowest BCUT2D eigenvalue weighted by Crippen LogP contribution is -2.48. The van der Waals surface area contributed by atoms with Gasteiger partial charge in [-0.15, -0.1) is 0 Å². The first-order chi connectivity index (χ1) is 8.10. The first kappa shape index (κ1) is 13.5. The molecule has 1 amide bonds. The average molecular weight is 272 g/mol. The van der Waals surface area contributed by atoms with E-state index in [-0.39, 0.29) is 12.5 Å². The molecule has 0 bridgehead atoms. The van der Waals surface area contributed by atoms with Crippen LogP contribution in [0.3, 0.4) is 0 Å². The molecule has 6 heteroatoms. The van der Waals surface area contributed by atoms with Gasteiger partial charge in [0.1, 0.15) is 0 Å². The van der Waals surface area contributed by atoms with Gasteiger partial charge in [-0.3, -0.25) is 4.79 Å². The van der Waals surface area contributed by atoms with Crippen molar-refractivity contribution in [1.82, 2.24) is 5.01 Å². The fourth-order valence-electron chi connectivity index (χ4n) is 2.42. The van der Waals surface area contributed by atoms with Crippen molar-refractivity contribution >= 4 is 21.5 Å². The second kappa shape index (κ2) is 3.79. The van der Waals surface area contributed by atoms with E-state index in [2.05, 4.69) is 5.10 Å². The molecule has 1 spiro atoms. The summed E-state index contributed by atoms with van der Waals surface area (Å²) in [6, 6.07) is 0. The van der Waals surface area contributed by atoms with E-state index in [1.165, 1.54) is 11.3 Å². The lowest BCUT2D eigenvalue weighted by Gasteiger charge is -2.37. The van der Waals surface area contributed by atoms with E-state index in [9.17, 15) is 13.2 Å². The topological polar surface area (TPSA) is 66.8 Å². The molecule has 0 N–H and O–H groups in total. The Hall–Kier alpha value is -0.910. The predicted octanol–water partition coefficient (Wildman–Crippen LogP) is 1.20. The SMILES string of the molecule is CC1=NN(CC(C)(C)S(C)(=O)=O)C(=O)C12CCC2. The van der Waals surface area contributed by atoms with Crippen molar-refractivity contribution in [3.63, 3.8) is 0 Å². The first-order valence-electron chi connectivity index (χ1n) is 6.17. The van der Waals surface area contributed by atoms with E-state index in [1.807, 2.05) is 6.92 Å². The van der Waals surface area contributed by atoms with E-state index in [1.54, 1.807) is 13.8 Å². The van der Waals surface area contributed by atoms with Gasteiger partial charge in [-0.05, 0) is 33.6 Å². The maximum Gasteiger partial charge on any atom is 0.254 e. The Bertz CT molecular complexity index is 515. The second-order valence-electron chi connectivity index (χ2n) is 6.02. The molecule has 102 valence electrons. The van der Waals surface area contributed by atoms with Crippen molar-refractivity contribution in [3.05, 3.63) is 0 Å². The third-order valence-electron chi connectivity index (χ3n) is 4.35. The molecule has 1 aliphatic heterocycles. The van der Waals surface area contributed by atoms with Crippen LogP contribution in [0.15, 0.2) is 5.10 Å². The molecule has 1 saturated carbocycles. The number of nitrogens with zero attached hydrogens (tertiary/aromatic N) is 2. The number of amides is 1. The fraction of sp³-hybridized carbons (Fsp3) is 0.833. The van der Waals surface area contributed by atoms with E-state index in [0.717, 1.165) is 25.0 Å². The van der Waals surface area contributed by atoms with Crippen LogP contribution in [-0.2, 0) is 14.6 Å². The largest absolute Gasteiger partial charge is 0.272 e. The molecule has 0 atom stereocenters. The predicted molar refractivity (Wildman–Crippen MR) is 70.0 cm³/mol. The molecule has 1 fully saturated rings. The molecule has 2 aliphatic rings. The Labute approximate surface area is 108 Å². The Morgan fingerprint density at radius 2 is 1.94 bits per heavy atom.